The van der Waals surface area contributed by atoms with E-state index in [1.807, 2.05) is 13.8 Å². The summed E-state index contributed by atoms with van der Waals surface area (Å²) in [6.45, 7) is 5.99. The van der Waals surface area contributed by atoms with Gasteiger partial charge in [-0.1, -0.05) is 13.8 Å². The van der Waals surface area contributed by atoms with E-state index < -0.39 is 5.97 Å². The number of nitrogens with zero attached hydrogens (tertiary/aromatic N) is 1. The highest BCUT2D eigenvalue weighted by molar-refractivity contribution is 5.76. The van der Waals surface area contributed by atoms with Crippen LogP contribution in [0.25, 0.3) is 0 Å². The zero-order chi connectivity index (χ0) is 12.8. The van der Waals surface area contributed by atoms with Crippen LogP contribution in [0.2, 0.25) is 0 Å². The minimum absolute atomic E-state index is 0.0479. The third-order valence-corrected chi connectivity index (χ3v) is 2.81. The van der Waals surface area contributed by atoms with E-state index in [0.29, 0.717) is 26.3 Å². The van der Waals surface area contributed by atoms with Crippen molar-refractivity contribution in [3.63, 3.8) is 0 Å². The summed E-state index contributed by atoms with van der Waals surface area (Å²) >= 11 is 0. The van der Waals surface area contributed by atoms with Gasteiger partial charge in [0.15, 0.2) is 0 Å². The number of morpholine rings is 1. The number of aliphatic carboxylic acids is 1. The Labute approximate surface area is 101 Å². The Morgan fingerprint density at radius 1 is 1.35 bits per heavy atom. The van der Waals surface area contributed by atoms with Crippen LogP contribution in [-0.4, -0.2) is 54.4 Å². The first-order chi connectivity index (χ1) is 8.00. The highest BCUT2D eigenvalue weighted by Gasteiger charge is 2.23. The van der Waals surface area contributed by atoms with Crippen molar-refractivity contribution in [2.24, 2.45) is 5.92 Å². The number of hydrogen-bond donors (Lipinski definition) is 2. The molecule has 1 heterocycles. The summed E-state index contributed by atoms with van der Waals surface area (Å²) < 4.78 is 5.15. The first-order valence-electron chi connectivity index (χ1n) is 5.85. The number of carboxylic acid groups (broad SMARTS) is 1. The average Bonchev–Trinajstić information content (AvgIpc) is 2.28. The Morgan fingerprint density at radius 3 is 2.41 bits per heavy atom. The molecule has 0 aromatic rings. The Hall–Kier alpha value is -1.30. The van der Waals surface area contributed by atoms with E-state index in [9.17, 15) is 9.59 Å². The van der Waals surface area contributed by atoms with Gasteiger partial charge in [-0.05, 0) is 5.92 Å². The van der Waals surface area contributed by atoms with Crippen LogP contribution >= 0.6 is 0 Å². The van der Waals surface area contributed by atoms with Crippen molar-refractivity contribution in [1.29, 1.82) is 0 Å². The molecule has 98 valence electrons. The first kappa shape index (κ1) is 13.8. The van der Waals surface area contributed by atoms with Gasteiger partial charge in [0.05, 0.1) is 19.6 Å². The maximum Gasteiger partial charge on any atom is 0.317 e. The number of amides is 2. The third-order valence-electron chi connectivity index (χ3n) is 2.81. The van der Waals surface area contributed by atoms with Crippen molar-refractivity contribution in [3.8, 4) is 0 Å². The second kappa shape index (κ2) is 6.44. The normalized spacial score (nSPS) is 17.9. The van der Waals surface area contributed by atoms with E-state index in [0.717, 1.165) is 0 Å². The molecule has 0 aliphatic carbocycles. The zero-order valence-electron chi connectivity index (χ0n) is 10.3. The lowest BCUT2D eigenvalue weighted by atomic mass is 10.0. The number of urea groups is 1. The molecular weight excluding hydrogens is 224 g/mol. The Balaban J connectivity index is 2.47. The number of carbonyl (C=O) groups is 2. The lowest BCUT2D eigenvalue weighted by Crippen LogP contribution is -2.50. The van der Waals surface area contributed by atoms with Crippen LogP contribution in [0.4, 0.5) is 4.79 Å². The van der Waals surface area contributed by atoms with Gasteiger partial charge in [-0.25, -0.2) is 4.79 Å². The summed E-state index contributed by atoms with van der Waals surface area (Å²) in [5.41, 5.74) is 0. The monoisotopic (exact) mass is 244 g/mol. The fraction of sp³-hybridized carbons (Fsp3) is 0.818. The predicted octanol–water partition coefficient (Wildman–Crippen LogP) is 0.528. The molecule has 0 radical (unpaired) electrons. The van der Waals surface area contributed by atoms with Crippen LogP contribution in [0.15, 0.2) is 0 Å². The van der Waals surface area contributed by atoms with E-state index in [4.69, 9.17) is 9.84 Å². The number of carbonyl (C=O) groups excluding carboxylic acids is 1. The van der Waals surface area contributed by atoms with E-state index in [1.54, 1.807) is 4.90 Å². The van der Waals surface area contributed by atoms with Gasteiger partial charge in [0, 0.05) is 19.1 Å². The second-order valence-corrected chi connectivity index (χ2v) is 4.50. The summed E-state index contributed by atoms with van der Waals surface area (Å²) in [4.78, 5) is 24.2. The molecule has 1 rings (SSSR count). The molecule has 0 spiro atoms. The van der Waals surface area contributed by atoms with E-state index in [1.165, 1.54) is 0 Å². The van der Waals surface area contributed by atoms with Crippen LogP contribution in [0.1, 0.15) is 20.3 Å². The van der Waals surface area contributed by atoms with Gasteiger partial charge >= 0.3 is 12.0 Å². The zero-order valence-corrected chi connectivity index (χ0v) is 10.3. The standard InChI is InChI=1S/C11H20N2O4/c1-8(2)9(7-10(14)15)12-11(16)13-3-5-17-6-4-13/h8-9H,3-7H2,1-2H3,(H,12,16)(H,14,15). The largest absolute Gasteiger partial charge is 0.481 e. The molecule has 2 N–H and O–H groups in total. The van der Waals surface area contributed by atoms with Crippen molar-refractivity contribution in [2.45, 2.75) is 26.3 Å². The highest BCUT2D eigenvalue weighted by atomic mass is 16.5. The van der Waals surface area contributed by atoms with Crippen molar-refractivity contribution in [3.05, 3.63) is 0 Å². The molecule has 1 aliphatic rings. The summed E-state index contributed by atoms with van der Waals surface area (Å²) in [5, 5.41) is 11.5. The van der Waals surface area contributed by atoms with Crippen LogP contribution in [0.5, 0.6) is 0 Å². The molecular formula is C11H20N2O4. The van der Waals surface area contributed by atoms with Crippen LogP contribution < -0.4 is 5.32 Å². The van der Waals surface area contributed by atoms with Crippen molar-refractivity contribution in [1.82, 2.24) is 10.2 Å². The summed E-state index contributed by atoms with van der Waals surface area (Å²) in [6.07, 6.45) is -0.0479. The highest BCUT2D eigenvalue weighted by Crippen LogP contribution is 2.07. The van der Waals surface area contributed by atoms with Crippen molar-refractivity contribution >= 4 is 12.0 Å². The number of ether oxygens (including phenoxy) is 1. The lowest BCUT2D eigenvalue weighted by molar-refractivity contribution is -0.137. The molecule has 1 unspecified atom stereocenters. The summed E-state index contributed by atoms with van der Waals surface area (Å²) in [7, 11) is 0. The first-order valence-corrected chi connectivity index (χ1v) is 5.85. The molecule has 0 aromatic heterocycles. The molecule has 0 bridgehead atoms. The topological polar surface area (TPSA) is 78.9 Å². The van der Waals surface area contributed by atoms with Gasteiger partial charge in [0.25, 0.3) is 0 Å². The maximum absolute atomic E-state index is 11.9. The Morgan fingerprint density at radius 2 is 1.94 bits per heavy atom. The summed E-state index contributed by atoms with van der Waals surface area (Å²) in [6, 6.07) is -0.531. The smallest absolute Gasteiger partial charge is 0.317 e. The quantitative estimate of drug-likeness (QED) is 0.756. The van der Waals surface area contributed by atoms with Crippen molar-refractivity contribution in [2.75, 3.05) is 26.3 Å². The molecule has 1 aliphatic heterocycles. The molecule has 1 fully saturated rings. The minimum atomic E-state index is -0.897. The molecule has 6 heteroatoms. The molecule has 17 heavy (non-hydrogen) atoms. The van der Waals surface area contributed by atoms with Crippen LogP contribution in [0, 0.1) is 5.92 Å². The number of rotatable bonds is 4. The maximum atomic E-state index is 11.9. The minimum Gasteiger partial charge on any atom is -0.481 e. The predicted molar refractivity (Wildman–Crippen MR) is 61.8 cm³/mol. The van der Waals surface area contributed by atoms with Gasteiger partial charge in [-0.3, -0.25) is 4.79 Å². The van der Waals surface area contributed by atoms with Crippen molar-refractivity contribution < 1.29 is 19.4 Å². The van der Waals surface area contributed by atoms with Gasteiger partial charge in [-0.15, -0.1) is 0 Å². The van der Waals surface area contributed by atoms with Gasteiger partial charge in [0.2, 0.25) is 0 Å². The molecule has 1 saturated heterocycles. The number of hydrogen-bond acceptors (Lipinski definition) is 3. The van der Waals surface area contributed by atoms with E-state index in [2.05, 4.69) is 5.32 Å². The Kier molecular flexibility index (Phi) is 5.21. The van der Waals surface area contributed by atoms with E-state index in [-0.39, 0.29) is 24.4 Å². The molecule has 6 nitrogen and oxygen atoms in total. The van der Waals surface area contributed by atoms with Gasteiger partial charge in [-0.2, -0.15) is 0 Å². The van der Waals surface area contributed by atoms with Crippen LogP contribution in [0.3, 0.4) is 0 Å². The molecule has 0 aromatic carbocycles. The van der Waals surface area contributed by atoms with E-state index >= 15 is 0 Å². The van der Waals surface area contributed by atoms with Gasteiger partial charge < -0.3 is 20.1 Å². The fourth-order valence-corrected chi connectivity index (χ4v) is 1.66. The number of carboxylic acids is 1. The number of nitrogens with one attached hydrogen (secondary N) is 1. The van der Waals surface area contributed by atoms with Crippen LogP contribution in [-0.2, 0) is 9.53 Å². The molecule has 2 amide bonds. The average molecular weight is 244 g/mol. The Bertz CT molecular complexity index is 275. The fourth-order valence-electron chi connectivity index (χ4n) is 1.66. The molecule has 1 atom stereocenters. The van der Waals surface area contributed by atoms with Gasteiger partial charge in [0.1, 0.15) is 0 Å². The molecule has 0 saturated carbocycles. The second-order valence-electron chi connectivity index (χ2n) is 4.50. The SMILES string of the molecule is CC(C)C(CC(=O)O)NC(=O)N1CCOCC1. The summed E-state index contributed by atoms with van der Waals surface area (Å²) in [5.74, 6) is -0.804. The lowest BCUT2D eigenvalue weighted by Gasteiger charge is -2.30. The third kappa shape index (κ3) is 4.60.